The maximum atomic E-state index is 12.1. The van der Waals surface area contributed by atoms with E-state index >= 15 is 0 Å². The van der Waals surface area contributed by atoms with Gasteiger partial charge in [0.15, 0.2) is 0 Å². The standard InChI is InChI=1S/C8H10FNO/c9-4-6-1-2-8(11)7(3-6)5-10/h1-3,11H,4-5,10H2. The van der Waals surface area contributed by atoms with Crippen LogP contribution >= 0.6 is 0 Å². The van der Waals surface area contributed by atoms with Crippen LogP contribution in [0.4, 0.5) is 4.39 Å². The van der Waals surface area contributed by atoms with E-state index in [4.69, 9.17) is 10.8 Å². The monoisotopic (exact) mass is 155 g/mol. The maximum Gasteiger partial charge on any atom is 0.120 e. The first-order chi connectivity index (χ1) is 5.27. The molecule has 0 unspecified atom stereocenters. The second-order valence-corrected chi connectivity index (χ2v) is 2.30. The summed E-state index contributed by atoms with van der Waals surface area (Å²) in [6, 6.07) is 4.56. The highest BCUT2D eigenvalue weighted by molar-refractivity contribution is 5.35. The van der Waals surface area contributed by atoms with Gasteiger partial charge < -0.3 is 10.8 Å². The smallest absolute Gasteiger partial charge is 0.120 e. The number of rotatable bonds is 2. The lowest BCUT2D eigenvalue weighted by atomic mass is 10.1. The van der Waals surface area contributed by atoms with Crippen molar-refractivity contribution in [2.75, 3.05) is 0 Å². The minimum atomic E-state index is -0.521. The van der Waals surface area contributed by atoms with Crippen LogP contribution in [0, 0.1) is 0 Å². The molecule has 1 rings (SSSR count). The van der Waals surface area contributed by atoms with Crippen molar-refractivity contribution in [2.24, 2.45) is 5.73 Å². The first-order valence-electron chi connectivity index (χ1n) is 3.34. The summed E-state index contributed by atoms with van der Waals surface area (Å²) in [5.41, 5.74) is 6.42. The molecule has 1 aromatic carbocycles. The zero-order chi connectivity index (χ0) is 8.27. The summed E-state index contributed by atoms with van der Waals surface area (Å²) in [5.74, 6) is 0.129. The van der Waals surface area contributed by atoms with Crippen LogP contribution in [0.3, 0.4) is 0 Å². The molecule has 0 radical (unpaired) electrons. The van der Waals surface area contributed by atoms with Gasteiger partial charge in [-0.3, -0.25) is 0 Å². The molecule has 60 valence electrons. The molecule has 11 heavy (non-hydrogen) atoms. The van der Waals surface area contributed by atoms with E-state index in [1.54, 1.807) is 6.07 Å². The van der Waals surface area contributed by atoms with Crippen molar-refractivity contribution in [1.29, 1.82) is 0 Å². The summed E-state index contributed by atoms with van der Waals surface area (Å²) in [6.07, 6.45) is 0. The largest absolute Gasteiger partial charge is 0.508 e. The molecular weight excluding hydrogens is 145 g/mol. The summed E-state index contributed by atoms with van der Waals surface area (Å²) in [7, 11) is 0. The van der Waals surface area contributed by atoms with Gasteiger partial charge in [0.2, 0.25) is 0 Å². The molecule has 0 aromatic heterocycles. The molecule has 1 aromatic rings. The third-order valence-corrected chi connectivity index (χ3v) is 1.52. The summed E-state index contributed by atoms with van der Waals surface area (Å²) in [5, 5.41) is 9.13. The SMILES string of the molecule is NCc1cc(CF)ccc1O. The van der Waals surface area contributed by atoms with Gasteiger partial charge in [0, 0.05) is 12.1 Å². The van der Waals surface area contributed by atoms with E-state index in [0.717, 1.165) is 0 Å². The number of nitrogens with two attached hydrogens (primary N) is 1. The fourth-order valence-electron chi connectivity index (χ4n) is 0.885. The number of alkyl halides is 1. The van der Waals surface area contributed by atoms with Gasteiger partial charge in [-0.05, 0) is 17.7 Å². The summed E-state index contributed by atoms with van der Waals surface area (Å²) in [4.78, 5) is 0. The highest BCUT2D eigenvalue weighted by Gasteiger charge is 1.99. The van der Waals surface area contributed by atoms with Crippen LogP contribution in [-0.2, 0) is 13.2 Å². The highest BCUT2D eigenvalue weighted by Crippen LogP contribution is 2.17. The van der Waals surface area contributed by atoms with E-state index in [-0.39, 0.29) is 12.3 Å². The molecular formula is C8H10FNO. The molecule has 0 heterocycles. The first-order valence-corrected chi connectivity index (χ1v) is 3.34. The molecule has 0 aliphatic carbocycles. The minimum absolute atomic E-state index is 0.129. The van der Waals surface area contributed by atoms with Gasteiger partial charge in [-0.25, -0.2) is 4.39 Å². The van der Waals surface area contributed by atoms with Crippen molar-refractivity contribution in [3.05, 3.63) is 29.3 Å². The lowest BCUT2D eigenvalue weighted by Crippen LogP contribution is -1.97. The quantitative estimate of drug-likeness (QED) is 0.676. The van der Waals surface area contributed by atoms with Gasteiger partial charge in [0.1, 0.15) is 12.4 Å². The minimum Gasteiger partial charge on any atom is -0.508 e. The molecule has 0 saturated carbocycles. The molecule has 2 nitrogen and oxygen atoms in total. The number of phenols is 1. The van der Waals surface area contributed by atoms with Gasteiger partial charge >= 0.3 is 0 Å². The van der Waals surface area contributed by atoms with Crippen LogP contribution in [0.5, 0.6) is 5.75 Å². The molecule has 0 saturated heterocycles. The Hall–Kier alpha value is -1.09. The van der Waals surface area contributed by atoms with E-state index in [2.05, 4.69) is 0 Å². The van der Waals surface area contributed by atoms with Crippen molar-refractivity contribution in [3.63, 3.8) is 0 Å². The fourth-order valence-corrected chi connectivity index (χ4v) is 0.885. The molecule has 0 spiro atoms. The van der Waals surface area contributed by atoms with E-state index in [0.29, 0.717) is 11.1 Å². The zero-order valence-corrected chi connectivity index (χ0v) is 6.05. The zero-order valence-electron chi connectivity index (χ0n) is 6.05. The second kappa shape index (κ2) is 3.34. The maximum absolute atomic E-state index is 12.1. The fraction of sp³-hybridized carbons (Fsp3) is 0.250. The Kier molecular flexibility index (Phi) is 2.44. The Labute approximate surface area is 64.5 Å². The Morgan fingerprint density at radius 1 is 1.45 bits per heavy atom. The van der Waals surface area contributed by atoms with Crippen LogP contribution in [0.15, 0.2) is 18.2 Å². The molecule has 0 amide bonds. The van der Waals surface area contributed by atoms with Gasteiger partial charge in [-0.1, -0.05) is 6.07 Å². The molecule has 0 fully saturated rings. The van der Waals surface area contributed by atoms with E-state index in [1.165, 1.54) is 12.1 Å². The second-order valence-electron chi connectivity index (χ2n) is 2.30. The molecule has 0 aliphatic rings. The predicted octanol–water partition coefficient (Wildman–Crippen LogP) is 1.32. The van der Waals surface area contributed by atoms with Crippen LogP contribution < -0.4 is 5.73 Å². The third kappa shape index (κ3) is 1.68. The highest BCUT2D eigenvalue weighted by atomic mass is 19.1. The normalized spacial score (nSPS) is 10.0. The van der Waals surface area contributed by atoms with Crippen LogP contribution in [-0.4, -0.2) is 5.11 Å². The summed E-state index contributed by atoms with van der Waals surface area (Å²) in [6.45, 7) is -0.285. The van der Waals surface area contributed by atoms with E-state index < -0.39 is 6.67 Å². The van der Waals surface area contributed by atoms with E-state index in [9.17, 15) is 4.39 Å². The van der Waals surface area contributed by atoms with Gasteiger partial charge in [-0.2, -0.15) is 0 Å². The molecule has 0 bridgehead atoms. The number of aromatic hydroxyl groups is 1. The Bertz CT molecular complexity index is 250. The Morgan fingerprint density at radius 2 is 2.18 bits per heavy atom. The number of hydrogen-bond acceptors (Lipinski definition) is 2. The molecule has 3 N–H and O–H groups in total. The summed E-state index contributed by atoms with van der Waals surface area (Å²) >= 11 is 0. The average Bonchev–Trinajstić information content (AvgIpc) is 2.05. The number of hydrogen-bond donors (Lipinski definition) is 2. The van der Waals surface area contributed by atoms with Crippen LogP contribution in [0.1, 0.15) is 11.1 Å². The Balaban J connectivity index is 3.02. The third-order valence-electron chi connectivity index (χ3n) is 1.52. The number of halogens is 1. The number of phenolic OH excluding ortho intramolecular Hbond substituents is 1. The van der Waals surface area contributed by atoms with Crippen molar-refractivity contribution < 1.29 is 9.50 Å². The average molecular weight is 155 g/mol. The van der Waals surface area contributed by atoms with E-state index in [1.807, 2.05) is 0 Å². The first kappa shape index (κ1) is 8.01. The predicted molar refractivity (Wildman–Crippen MR) is 40.8 cm³/mol. The summed E-state index contributed by atoms with van der Waals surface area (Å²) < 4.78 is 12.1. The van der Waals surface area contributed by atoms with Crippen LogP contribution in [0.25, 0.3) is 0 Å². The van der Waals surface area contributed by atoms with Crippen molar-refractivity contribution in [2.45, 2.75) is 13.2 Å². The van der Waals surface area contributed by atoms with Crippen molar-refractivity contribution in [1.82, 2.24) is 0 Å². The van der Waals surface area contributed by atoms with Crippen molar-refractivity contribution in [3.8, 4) is 5.75 Å². The van der Waals surface area contributed by atoms with Gasteiger partial charge in [0.05, 0.1) is 0 Å². The lowest BCUT2D eigenvalue weighted by molar-refractivity contribution is 0.463. The molecule has 0 aliphatic heterocycles. The number of benzene rings is 1. The molecule has 3 heteroatoms. The Morgan fingerprint density at radius 3 is 2.73 bits per heavy atom. The van der Waals surface area contributed by atoms with Crippen LogP contribution in [0.2, 0.25) is 0 Å². The van der Waals surface area contributed by atoms with Gasteiger partial charge in [-0.15, -0.1) is 0 Å². The topological polar surface area (TPSA) is 46.2 Å². The lowest BCUT2D eigenvalue weighted by Gasteiger charge is -2.01. The molecule has 0 atom stereocenters. The van der Waals surface area contributed by atoms with Crippen molar-refractivity contribution >= 4 is 0 Å². The van der Waals surface area contributed by atoms with Gasteiger partial charge in [0.25, 0.3) is 0 Å².